The van der Waals surface area contributed by atoms with Gasteiger partial charge in [0, 0.05) is 44.8 Å². The highest BCUT2D eigenvalue weighted by atomic mass is 32.1. The topological polar surface area (TPSA) is 32.3 Å². The quantitative estimate of drug-likeness (QED) is 0.640. The molecule has 0 atom stereocenters. The van der Waals surface area contributed by atoms with Gasteiger partial charge in [-0.1, -0.05) is 36.4 Å². The van der Waals surface area contributed by atoms with Crippen molar-refractivity contribution >= 4 is 17.2 Å². The molecule has 1 aromatic carbocycles. The highest BCUT2D eigenvalue weighted by Crippen LogP contribution is 2.19. The predicted molar refractivity (Wildman–Crippen MR) is 105 cm³/mol. The van der Waals surface area contributed by atoms with Crippen LogP contribution in [-0.2, 0) is 19.6 Å². The van der Waals surface area contributed by atoms with Crippen molar-refractivity contribution in [1.29, 1.82) is 0 Å². The molecule has 0 saturated heterocycles. The van der Waals surface area contributed by atoms with E-state index >= 15 is 0 Å². The third-order valence-corrected chi connectivity index (χ3v) is 5.05. The number of hydrogen-bond donors (Lipinski definition) is 0. The van der Waals surface area contributed by atoms with Crippen molar-refractivity contribution < 1.29 is 0 Å². The second-order valence-corrected chi connectivity index (χ2v) is 7.35. The Kier molecular flexibility index (Phi) is 5.79. The molecule has 2 aromatic heterocycles. The zero-order valence-electron chi connectivity index (χ0n) is 15.0. The Labute approximate surface area is 153 Å². The first-order valence-electron chi connectivity index (χ1n) is 8.39. The zero-order valence-corrected chi connectivity index (χ0v) is 15.8. The summed E-state index contributed by atoms with van der Waals surface area (Å²) < 4.78 is 0. The molecule has 3 rings (SSSR count). The van der Waals surface area contributed by atoms with Gasteiger partial charge in [-0.3, -0.25) is 4.90 Å². The molecule has 2 heterocycles. The normalized spacial score (nSPS) is 11.0. The van der Waals surface area contributed by atoms with E-state index in [1.807, 2.05) is 30.7 Å². The van der Waals surface area contributed by atoms with Gasteiger partial charge >= 0.3 is 0 Å². The lowest BCUT2D eigenvalue weighted by atomic mass is 10.2. The maximum atomic E-state index is 4.54. The molecule has 0 aliphatic rings. The minimum Gasteiger partial charge on any atom is -0.363 e. The average molecular weight is 353 g/mol. The summed E-state index contributed by atoms with van der Waals surface area (Å²) in [6, 6.07) is 14.9. The smallest absolute Gasteiger partial charge is 0.127 e. The van der Waals surface area contributed by atoms with Gasteiger partial charge in [0.1, 0.15) is 5.82 Å². The van der Waals surface area contributed by atoms with Crippen LogP contribution in [-0.4, -0.2) is 29.0 Å². The van der Waals surface area contributed by atoms with Crippen LogP contribution < -0.4 is 4.90 Å². The van der Waals surface area contributed by atoms with Crippen LogP contribution in [0.25, 0.3) is 0 Å². The number of nitrogens with zero attached hydrogens (tertiary/aromatic N) is 4. The van der Waals surface area contributed by atoms with Crippen LogP contribution in [0.2, 0.25) is 0 Å². The summed E-state index contributed by atoms with van der Waals surface area (Å²) in [6.07, 6.45) is 1.98. The number of rotatable bonds is 7. The molecule has 3 aromatic rings. The number of anilines is 1. The van der Waals surface area contributed by atoms with Gasteiger partial charge in [-0.2, -0.15) is 0 Å². The third kappa shape index (κ3) is 4.87. The molecule has 0 N–H and O–H groups in total. The first kappa shape index (κ1) is 17.6. The summed E-state index contributed by atoms with van der Waals surface area (Å²) in [6.45, 7) is 4.77. The van der Waals surface area contributed by atoms with Crippen LogP contribution in [0.3, 0.4) is 0 Å². The number of thiazole rings is 1. The summed E-state index contributed by atoms with van der Waals surface area (Å²) in [5, 5.41) is 0. The molecule has 0 unspecified atom stereocenters. The molecule has 0 aliphatic carbocycles. The number of aryl methyl sites for hydroxylation is 1. The van der Waals surface area contributed by atoms with Gasteiger partial charge in [0.2, 0.25) is 0 Å². The van der Waals surface area contributed by atoms with E-state index in [0.717, 1.165) is 31.1 Å². The maximum Gasteiger partial charge on any atom is 0.127 e. The molecular weight excluding hydrogens is 328 g/mol. The van der Waals surface area contributed by atoms with E-state index in [2.05, 4.69) is 64.3 Å². The Morgan fingerprint density at radius 1 is 0.880 bits per heavy atom. The van der Waals surface area contributed by atoms with Crippen molar-refractivity contribution in [2.75, 3.05) is 19.0 Å². The standard InChI is InChI=1S/C20H24N4S/c1-16-19(25-15-22-16)14-24(12-17-7-5-4-6-8-17)13-18-9-10-20(21-11-18)23(2)3/h4-11,15H,12-14H2,1-3H3. The first-order valence-corrected chi connectivity index (χ1v) is 9.27. The van der Waals surface area contributed by atoms with E-state index < -0.39 is 0 Å². The molecule has 0 fully saturated rings. The van der Waals surface area contributed by atoms with Crippen LogP contribution in [0.4, 0.5) is 5.82 Å². The Morgan fingerprint density at radius 2 is 1.64 bits per heavy atom. The number of benzene rings is 1. The lowest BCUT2D eigenvalue weighted by Gasteiger charge is -2.22. The van der Waals surface area contributed by atoms with Crippen molar-refractivity contribution in [3.63, 3.8) is 0 Å². The monoisotopic (exact) mass is 352 g/mol. The Balaban J connectivity index is 1.76. The minimum absolute atomic E-state index is 0.868. The molecule has 0 amide bonds. The maximum absolute atomic E-state index is 4.54. The van der Waals surface area contributed by atoms with Crippen molar-refractivity contribution in [3.8, 4) is 0 Å². The molecule has 4 nitrogen and oxygen atoms in total. The molecule has 5 heteroatoms. The van der Waals surface area contributed by atoms with Gasteiger partial charge in [0.25, 0.3) is 0 Å². The molecule has 0 spiro atoms. The third-order valence-electron chi connectivity index (χ3n) is 4.13. The Bertz CT molecular complexity index is 781. The zero-order chi connectivity index (χ0) is 17.6. The molecule has 0 aliphatic heterocycles. The van der Waals surface area contributed by atoms with Crippen LogP contribution in [0.1, 0.15) is 21.7 Å². The Hall–Kier alpha value is -2.24. The van der Waals surface area contributed by atoms with Crippen molar-refractivity contribution in [2.24, 2.45) is 0 Å². The van der Waals surface area contributed by atoms with E-state index in [0.29, 0.717) is 0 Å². The van der Waals surface area contributed by atoms with Crippen LogP contribution >= 0.6 is 11.3 Å². The molecule has 0 radical (unpaired) electrons. The fourth-order valence-corrected chi connectivity index (χ4v) is 3.54. The average Bonchev–Trinajstić information content (AvgIpc) is 3.01. The highest BCUT2D eigenvalue weighted by molar-refractivity contribution is 7.09. The van der Waals surface area contributed by atoms with Crippen molar-refractivity contribution in [1.82, 2.24) is 14.9 Å². The second kappa shape index (κ2) is 8.23. The van der Waals surface area contributed by atoms with E-state index in [-0.39, 0.29) is 0 Å². The summed E-state index contributed by atoms with van der Waals surface area (Å²) in [7, 11) is 4.02. The lowest BCUT2D eigenvalue weighted by Crippen LogP contribution is -2.22. The van der Waals surface area contributed by atoms with Gasteiger partial charge in [0.05, 0.1) is 11.2 Å². The predicted octanol–water partition coefficient (Wildman–Crippen LogP) is 4.11. The first-order chi connectivity index (χ1) is 12.1. The number of aromatic nitrogens is 2. The number of hydrogen-bond acceptors (Lipinski definition) is 5. The fraction of sp³-hybridized carbons (Fsp3) is 0.300. The summed E-state index contributed by atoms with van der Waals surface area (Å²) >= 11 is 1.73. The Morgan fingerprint density at radius 3 is 2.24 bits per heavy atom. The van der Waals surface area contributed by atoms with Gasteiger partial charge < -0.3 is 4.90 Å². The highest BCUT2D eigenvalue weighted by Gasteiger charge is 2.12. The largest absolute Gasteiger partial charge is 0.363 e. The van der Waals surface area contributed by atoms with Gasteiger partial charge in [-0.15, -0.1) is 11.3 Å². The summed E-state index contributed by atoms with van der Waals surface area (Å²) in [5.41, 5.74) is 5.61. The van der Waals surface area contributed by atoms with Gasteiger partial charge in [-0.25, -0.2) is 9.97 Å². The van der Waals surface area contributed by atoms with Gasteiger partial charge in [0.15, 0.2) is 0 Å². The van der Waals surface area contributed by atoms with Crippen LogP contribution in [0.15, 0.2) is 54.2 Å². The minimum atomic E-state index is 0.868. The second-order valence-electron chi connectivity index (χ2n) is 6.41. The van der Waals surface area contributed by atoms with E-state index in [9.17, 15) is 0 Å². The molecular formula is C20H24N4S. The van der Waals surface area contributed by atoms with E-state index in [1.54, 1.807) is 11.3 Å². The van der Waals surface area contributed by atoms with Crippen LogP contribution in [0, 0.1) is 6.92 Å². The molecule has 25 heavy (non-hydrogen) atoms. The summed E-state index contributed by atoms with van der Waals surface area (Å²) in [4.78, 5) is 14.7. The summed E-state index contributed by atoms with van der Waals surface area (Å²) in [5.74, 6) is 0.983. The fourth-order valence-electron chi connectivity index (χ4n) is 2.72. The van der Waals surface area contributed by atoms with E-state index in [4.69, 9.17) is 0 Å². The van der Waals surface area contributed by atoms with Gasteiger partial charge in [-0.05, 0) is 24.1 Å². The lowest BCUT2D eigenvalue weighted by molar-refractivity contribution is 0.249. The number of pyridine rings is 1. The van der Waals surface area contributed by atoms with Crippen molar-refractivity contribution in [3.05, 3.63) is 75.9 Å². The SMILES string of the molecule is Cc1ncsc1CN(Cc1ccccc1)Cc1ccc(N(C)C)nc1. The molecule has 0 saturated carbocycles. The molecule has 130 valence electrons. The van der Waals surface area contributed by atoms with E-state index in [1.165, 1.54) is 16.0 Å². The van der Waals surface area contributed by atoms with Crippen molar-refractivity contribution in [2.45, 2.75) is 26.6 Å². The van der Waals surface area contributed by atoms with Crippen LogP contribution in [0.5, 0.6) is 0 Å². The molecule has 0 bridgehead atoms.